The zero-order valence-corrected chi connectivity index (χ0v) is 15.4. The van der Waals surface area contributed by atoms with Crippen LogP contribution in [0.4, 0.5) is 5.69 Å². The molecule has 5 heteroatoms. The zero-order valence-electron chi connectivity index (χ0n) is 15.4. The van der Waals surface area contributed by atoms with Crippen LogP contribution < -0.4 is 9.64 Å². The number of esters is 1. The van der Waals surface area contributed by atoms with Gasteiger partial charge in [-0.25, -0.2) is 9.69 Å². The number of carbonyl (C=O) groups is 3. The Morgan fingerprint density at radius 1 is 0.964 bits per heavy atom. The maximum atomic E-state index is 12.9. The second kappa shape index (κ2) is 6.16. The van der Waals surface area contributed by atoms with Crippen molar-refractivity contribution >= 4 is 23.5 Å². The maximum absolute atomic E-state index is 12.9. The van der Waals surface area contributed by atoms with Crippen LogP contribution >= 0.6 is 0 Å². The molecule has 140 valence electrons. The van der Waals surface area contributed by atoms with Gasteiger partial charge in [0.05, 0.1) is 23.1 Å². The van der Waals surface area contributed by atoms with Crippen molar-refractivity contribution in [3.8, 4) is 5.75 Å². The molecule has 0 aromatic heterocycles. The first kappa shape index (κ1) is 16.9. The van der Waals surface area contributed by atoms with E-state index in [1.165, 1.54) is 4.90 Å². The molecule has 5 nitrogen and oxygen atoms in total. The second-order valence-electron chi connectivity index (χ2n) is 7.76. The first-order valence-corrected chi connectivity index (χ1v) is 9.48. The number of fused-ring (bicyclic) bond motifs is 5. The highest BCUT2D eigenvalue weighted by molar-refractivity contribution is 6.22. The summed E-state index contributed by atoms with van der Waals surface area (Å²) < 4.78 is 5.46. The molecule has 1 saturated carbocycles. The van der Waals surface area contributed by atoms with Crippen LogP contribution in [0.1, 0.15) is 22.3 Å². The molecule has 1 aliphatic heterocycles. The summed E-state index contributed by atoms with van der Waals surface area (Å²) in [5.41, 5.74) is 1.96. The lowest BCUT2D eigenvalue weighted by Gasteiger charge is -2.18. The van der Waals surface area contributed by atoms with Gasteiger partial charge in [0, 0.05) is 6.07 Å². The smallest absolute Gasteiger partial charge is 0.343 e. The highest BCUT2D eigenvalue weighted by atomic mass is 16.5. The summed E-state index contributed by atoms with van der Waals surface area (Å²) in [6.07, 6.45) is 5.04. The number of hydrogen-bond acceptors (Lipinski definition) is 4. The van der Waals surface area contributed by atoms with Gasteiger partial charge in [-0.05, 0) is 49.4 Å². The predicted molar refractivity (Wildman–Crippen MR) is 103 cm³/mol. The molecule has 2 aromatic rings. The lowest BCUT2D eigenvalue weighted by molar-refractivity contribution is -0.123. The molecule has 0 N–H and O–H groups in total. The highest BCUT2D eigenvalue weighted by Crippen LogP contribution is 2.53. The molecule has 0 radical (unpaired) electrons. The number of anilines is 1. The number of imide groups is 1. The standard InChI is InChI=1S/C23H19NO4/c1-13-5-7-14(8-6-13)23(27)28-18-4-2-3-17(12-18)24-21(25)19-15-9-10-16(11-15)20(19)22(24)26/h2-10,12,15-16,19-20H,11H2,1H3. The third kappa shape index (κ3) is 2.50. The van der Waals surface area contributed by atoms with E-state index in [4.69, 9.17) is 4.74 Å². The lowest BCUT2D eigenvalue weighted by Crippen LogP contribution is -2.32. The van der Waals surface area contributed by atoms with Crippen molar-refractivity contribution in [3.63, 3.8) is 0 Å². The Bertz CT molecular complexity index is 993. The molecule has 4 unspecified atom stereocenters. The van der Waals surface area contributed by atoms with Gasteiger partial charge in [-0.1, -0.05) is 35.9 Å². The topological polar surface area (TPSA) is 63.7 Å². The first-order chi connectivity index (χ1) is 13.5. The quantitative estimate of drug-likeness (QED) is 0.357. The number of ether oxygens (including phenoxy) is 1. The Kier molecular flexibility index (Phi) is 3.72. The molecular weight excluding hydrogens is 354 g/mol. The Balaban J connectivity index is 1.39. The fourth-order valence-electron chi connectivity index (χ4n) is 4.70. The number of allylic oxidation sites excluding steroid dienone is 2. The van der Waals surface area contributed by atoms with Crippen LogP contribution in [0, 0.1) is 30.6 Å². The van der Waals surface area contributed by atoms with Crippen molar-refractivity contribution in [1.29, 1.82) is 0 Å². The summed E-state index contributed by atoms with van der Waals surface area (Å²) in [4.78, 5) is 39.5. The maximum Gasteiger partial charge on any atom is 0.343 e. The predicted octanol–water partition coefficient (Wildman–Crippen LogP) is 3.53. The molecule has 0 spiro atoms. The molecule has 2 bridgehead atoms. The number of hydrogen-bond donors (Lipinski definition) is 0. The number of benzene rings is 2. The lowest BCUT2D eigenvalue weighted by atomic mass is 9.85. The summed E-state index contributed by atoms with van der Waals surface area (Å²) >= 11 is 0. The number of rotatable bonds is 3. The Morgan fingerprint density at radius 2 is 1.61 bits per heavy atom. The van der Waals surface area contributed by atoms with Crippen LogP contribution in [0.25, 0.3) is 0 Å². The van der Waals surface area contributed by atoms with Gasteiger partial charge in [-0.15, -0.1) is 0 Å². The largest absolute Gasteiger partial charge is 0.423 e. The molecule has 2 aliphatic carbocycles. The molecule has 1 saturated heterocycles. The summed E-state index contributed by atoms with van der Waals surface area (Å²) in [6.45, 7) is 1.94. The summed E-state index contributed by atoms with van der Waals surface area (Å²) in [7, 11) is 0. The minimum Gasteiger partial charge on any atom is -0.423 e. The number of carbonyl (C=O) groups excluding carboxylic acids is 3. The van der Waals surface area contributed by atoms with Crippen LogP contribution in [0.5, 0.6) is 5.75 Å². The molecule has 2 aromatic carbocycles. The van der Waals surface area contributed by atoms with E-state index < -0.39 is 5.97 Å². The molecular formula is C23H19NO4. The number of amides is 2. The van der Waals surface area contributed by atoms with Crippen LogP contribution in [0.15, 0.2) is 60.7 Å². The van der Waals surface area contributed by atoms with E-state index in [1.54, 1.807) is 36.4 Å². The van der Waals surface area contributed by atoms with Crippen molar-refractivity contribution in [2.45, 2.75) is 13.3 Å². The van der Waals surface area contributed by atoms with Crippen LogP contribution in [0.3, 0.4) is 0 Å². The summed E-state index contributed by atoms with van der Waals surface area (Å²) in [6, 6.07) is 13.7. The molecule has 28 heavy (non-hydrogen) atoms. The van der Waals surface area contributed by atoms with Gasteiger partial charge in [0.2, 0.25) is 11.8 Å². The number of aryl methyl sites for hydroxylation is 1. The third-order valence-corrected chi connectivity index (χ3v) is 6.04. The molecule has 2 fully saturated rings. The molecule has 5 rings (SSSR count). The van der Waals surface area contributed by atoms with E-state index in [0.29, 0.717) is 17.0 Å². The monoisotopic (exact) mass is 373 g/mol. The van der Waals surface area contributed by atoms with Gasteiger partial charge in [0.15, 0.2) is 0 Å². The van der Waals surface area contributed by atoms with Crippen LogP contribution in [0.2, 0.25) is 0 Å². The Hall–Kier alpha value is -3.21. The van der Waals surface area contributed by atoms with Crippen LogP contribution in [-0.2, 0) is 9.59 Å². The van der Waals surface area contributed by atoms with Gasteiger partial charge in [0.1, 0.15) is 5.75 Å². The summed E-state index contributed by atoms with van der Waals surface area (Å²) in [5, 5.41) is 0. The van der Waals surface area contributed by atoms with Gasteiger partial charge in [-0.3, -0.25) is 9.59 Å². The van der Waals surface area contributed by atoms with E-state index in [-0.39, 0.29) is 35.5 Å². The van der Waals surface area contributed by atoms with E-state index in [9.17, 15) is 14.4 Å². The number of nitrogens with zero attached hydrogens (tertiary/aromatic N) is 1. The van der Waals surface area contributed by atoms with Crippen molar-refractivity contribution in [1.82, 2.24) is 0 Å². The molecule has 2 amide bonds. The SMILES string of the molecule is Cc1ccc(C(=O)Oc2cccc(N3C(=O)C4C5C=CC(C5)C4C3=O)c2)cc1. The molecule has 4 atom stereocenters. The summed E-state index contributed by atoms with van der Waals surface area (Å²) in [5.74, 6) is -0.625. The second-order valence-corrected chi connectivity index (χ2v) is 7.76. The van der Waals surface area contributed by atoms with Gasteiger partial charge < -0.3 is 4.74 Å². The van der Waals surface area contributed by atoms with Crippen molar-refractivity contribution in [2.75, 3.05) is 4.90 Å². The van der Waals surface area contributed by atoms with Gasteiger partial charge in [-0.2, -0.15) is 0 Å². The highest BCUT2D eigenvalue weighted by Gasteiger charge is 2.59. The van der Waals surface area contributed by atoms with E-state index in [0.717, 1.165) is 12.0 Å². The average Bonchev–Trinajstić information content (AvgIpc) is 3.36. The van der Waals surface area contributed by atoms with Gasteiger partial charge >= 0.3 is 5.97 Å². The third-order valence-electron chi connectivity index (χ3n) is 6.04. The normalized spacial score (nSPS) is 27.4. The minimum absolute atomic E-state index is 0.145. The zero-order chi connectivity index (χ0) is 19.4. The first-order valence-electron chi connectivity index (χ1n) is 9.48. The van der Waals surface area contributed by atoms with Crippen molar-refractivity contribution in [3.05, 3.63) is 71.8 Å². The fraction of sp³-hybridized carbons (Fsp3) is 0.261. The van der Waals surface area contributed by atoms with Crippen molar-refractivity contribution in [2.24, 2.45) is 23.7 Å². The van der Waals surface area contributed by atoms with Crippen molar-refractivity contribution < 1.29 is 19.1 Å². The van der Waals surface area contributed by atoms with E-state index >= 15 is 0 Å². The van der Waals surface area contributed by atoms with Gasteiger partial charge in [0.25, 0.3) is 0 Å². The minimum atomic E-state index is -0.477. The fourth-order valence-corrected chi connectivity index (χ4v) is 4.70. The Morgan fingerprint density at radius 3 is 2.25 bits per heavy atom. The van der Waals surface area contributed by atoms with E-state index in [2.05, 4.69) is 12.2 Å². The molecule has 1 heterocycles. The van der Waals surface area contributed by atoms with Crippen LogP contribution in [-0.4, -0.2) is 17.8 Å². The molecule has 3 aliphatic rings. The Labute approximate surface area is 162 Å². The average molecular weight is 373 g/mol. The van der Waals surface area contributed by atoms with E-state index in [1.807, 2.05) is 19.1 Å².